The number of halogens is 2. The highest BCUT2D eigenvalue weighted by atomic mass is 19.1. The highest BCUT2D eigenvalue weighted by Gasteiger charge is 2.50. The third-order valence-electron chi connectivity index (χ3n) is 5.01. The van der Waals surface area contributed by atoms with Gasteiger partial charge in [0.25, 0.3) is 5.91 Å². The van der Waals surface area contributed by atoms with E-state index in [1.807, 2.05) is 0 Å². The van der Waals surface area contributed by atoms with Crippen molar-refractivity contribution in [3.05, 3.63) is 29.8 Å². The van der Waals surface area contributed by atoms with Gasteiger partial charge in [-0.1, -0.05) is 6.07 Å². The average Bonchev–Trinajstić information content (AvgIpc) is 3.19. The second-order valence-corrected chi connectivity index (χ2v) is 6.30. The molecule has 122 valence electrons. The number of anilines is 1. The van der Waals surface area contributed by atoms with Gasteiger partial charge in [0.05, 0.1) is 6.04 Å². The number of carbonyl (C=O) groups excluding carboxylic acids is 2. The first-order valence-corrected chi connectivity index (χ1v) is 7.90. The van der Waals surface area contributed by atoms with Crippen molar-refractivity contribution in [1.29, 1.82) is 0 Å². The van der Waals surface area contributed by atoms with Crippen molar-refractivity contribution in [2.45, 2.75) is 31.3 Å². The molecule has 0 aromatic heterocycles. The Morgan fingerprint density at radius 1 is 1.04 bits per heavy atom. The van der Waals surface area contributed by atoms with Crippen molar-refractivity contribution in [2.24, 2.45) is 0 Å². The van der Waals surface area contributed by atoms with E-state index in [0.717, 1.165) is 6.42 Å². The van der Waals surface area contributed by atoms with Gasteiger partial charge in [0.1, 0.15) is 23.4 Å². The Bertz CT molecular complexity index is 639. The highest BCUT2D eigenvalue weighted by molar-refractivity contribution is 6.05. The number of carbonyl (C=O) groups is 2. The van der Waals surface area contributed by atoms with E-state index in [4.69, 9.17) is 0 Å². The monoisotopic (exact) mass is 321 g/mol. The minimum Gasteiger partial charge on any atom is -0.365 e. The van der Waals surface area contributed by atoms with E-state index in [9.17, 15) is 18.4 Å². The Hall–Kier alpha value is -2.18. The Morgan fingerprint density at radius 2 is 1.78 bits per heavy atom. The maximum absolute atomic E-state index is 13.9. The summed E-state index contributed by atoms with van der Waals surface area (Å²) in [6, 6.07) is 2.85. The van der Waals surface area contributed by atoms with Gasteiger partial charge in [0, 0.05) is 19.6 Å². The number of fused-ring (bicyclic) bond motifs is 1. The fourth-order valence-electron chi connectivity index (χ4n) is 3.93. The zero-order valence-electron chi connectivity index (χ0n) is 12.5. The van der Waals surface area contributed by atoms with E-state index in [0.29, 0.717) is 25.9 Å². The van der Waals surface area contributed by atoms with Crippen LogP contribution in [0.25, 0.3) is 0 Å². The molecule has 23 heavy (non-hydrogen) atoms. The van der Waals surface area contributed by atoms with Crippen molar-refractivity contribution in [3.63, 3.8) is 0 Å². The van der Waals surface area contributed by atoms with Crippen LogP contribution in [0.15, 0.2) is 18.2 Å². The van der Waals surface area contributed by atoms with Gasteiger partial charge >= 0.3 is 6.03 Å². The van der Waals surface area contributed by atoms with Crippen LogP contribution in [0.1, 0.15) is 19.3 Å². The maximum atomic E-state index is 13.9. The second-order valence-electron chi connectivity index (χ2n) is 6.30. The molecule has 1 aromatic rings. The van der Waals surface area contributed by atoms with Gasteiger partial charge in [-0.15, -0.1) is 0 Å². The Morgan fingerprint density at radius 3 is 2.48 bits per heavy atom. The number of hydrogen-bond acceptors (Lipinski definition) is 3. The van der Waals surface area contributed by atoms with Crippen LogP contribution in [-0.4, -0.2) is 53.5 Å². The minimum atomic E-state index is -0.620. The number of imide groups is 1. The van der Waals surface area contributed by atoms with Crippen LogP contribution in [0.3, 0.4) is 0 Å². The zero-order chi connectivity index (χ0) is 16.1. The van der Waals surface area contributed by atoms with Crippen LogP contribution in [0.4, 0.5) is 19.3 Å². The summed E-state index contributed by atoms with van der Waals surface area (Å²) >= 11 is 0. The SMILES string of the molecule is O=C1[C@H]2CCCN2C(=O)N1C1CCN(c2c(F)cccc2F)C1. The van der Waals surface area contributed by atoms with Crippen LogP contribution in [0.2, 0.25) is 0 Å². The lowest BCUT2D eigenvalue weighted by Crippen LogP contribution is -2.43. The molecule has 3 fully saturated rings. The van der Waals surface area contributed by atoms with Crippen LogP contribution in [0.5, 0.6) is 0 Å². The highest BCUT2D eigenvalue weighted by Crippen LogP contribution is 2.33. The van der Waals surface area contributed by atoms with Crippen LogP contribution < -0.4 is 4.90 Å². The summed E-state index contributed by atoms with van der Waals surface area (Å²) in [6.07, 6.45) is 2.10. The smallest absolute Gasteiger partial charge is 0.327 e. The summed E-state index contributed by atoms with van der Waals surface area (Å²) in [5.74, 6) is -1.40. The van der Waals surface area contributed by atoms with Gasteiger partial charge in [-0.25, -0.2) is 13.6 Å². The molecule has 0 N–H and O–H groups in total. The molecule has 1 unspecified atom stereocenters. The lowest BCUT2D eigenvalue weighted by molar-refractivity contribution is -0.129. The van der Waals surface area contributed by atoms with E-state index in [1.54, 1.807) is 9.80 Å². The molecule has 7 heteroatoms. The Kier molecular flexibility index (Phi) is 3.25. The maximum Gasteiger partial charge on any atom is 0.327 e. The predicted molar refractivity (Wildman–Crippen MR) is 78.9 cm³/mol. The molecule has 0 radical (unpaired) electrons. The number of rotatable bonds is 2. The number of amides is 3. The molecule has 3 heterocycles. The van der Waals surface area contributed by atoms with Gasteiger partial charge in [0.15, 0.2) is 0 Å². The fourth-order valence-corrected chi connectivity index (χ4v) is 3.93. The molecule has 4 rings (SSSR count). The van der Waals surface area contributed by atoms with Crippen molar-refractivity contribution in [3.8, 4) is 0 Å². The topological polar surface area (TPSA) is 43.9 Å². The summed E-state index contributed by atoms with van der Waals surface area (Å²) in [6.45, 7) is 1.31. The first-order valence-electron chi connectivity index (χ1n) is 7.90. The molecule has 1 aromatic carbocycles. The molecular formula is C16H17F2N3O2. The first kappa shape index (κ1) is 14.4. The molecular weight excluding hydrogens is 304 g/mol. The zero-order valence-corrected chi connectivity index (χ0v) is 12.5. The molecule has 5 nitrogen and oxygen atoms in total. The van der Waals surface area contributed by atoms with Gasteiger partial charge in [-0.05, 0) is 31.4 Å². The molecule has 3 aliphatic rings. The third kappa shape index (κ3) is 2.09. The lowest BCUT2D eigenvalue weighted by atomic mass is 10.2. The summed E-state index contributed by atoms with van der Waals surface area (Å²) in [4.78, 5) is 29.4. The molecule has 0 spiro atoms. The van der Waals surface area contributed by atoms with Crippen molar-refractivity contribution in [2.75, 3.05) is 24.5 Å². The van der Waals surface area contributed by atoms with E-state index < -0.39 is 11.6 Å². The molecule has 2 atom stereocenters. The van der Waals surface area contributed by atoms with Crippen LogP contribution >= 0.6 is 0 Å². The van der Waals surface area contributed by atoms with Crippen molar-refractivity contribution >= 4 is 17.6 Å². The average molecular weight is 321 g/mol. The number of nitrogens with zero attached hydrogens (tertiary/aromatic N) is 3. The van der Waals surface area contributed by atoms with E-state index in [-0.39, 0.29) is 36.3 Å². The van der Waals surface area contributed by atoms with E-state index in [1.165, 1.54) is 23.1 Å². The largest absolute Gasteiger partial charge is 0.365 e. The summed E-state index contributed by atoms with van der Waals surface area (Å²) in [5.41, 5.74) is -0.0744. The first-order chi connectivity index (χ1) is 11.1. The Labute approximate surface area is 132 Å². The van der Waals surface area contributed by atoms with Crippen molar-refractivity contribution in [1.82, 2.24) is 9.80 Å². The molecule has 0 saturated carbocycles. The number of benzene rings is 1. The Balaban J connectivity index is 1.55. The van der Waals surface area contributed by atoms with Gasteiger partial charge in [-0.2, -0.15) is 0 Å². The normalized spacial score (nSPS) is 27.3. The molecule has 3 aliphatic heterocycles. The summed E-state index contributed by atoms with van der Waals surface area (Å²) in [5, 5.41) is 0. The second kappa shape index (κ2) is 5.18. The minimum absolute atomic E-state index is 0.0744. The molecule has 3 saturated heterocycles. The molecule has 0 aliphatic carbocycles. The molecule has 0 bridgehead atoms. The number of urea groups is 1. The number of para-hydroxylation sites is 1. The number of hydrogen-bond donors (Lipinski definition) is 0. The fraction of sp³-hybridized carbons (Fsp3) is 0.500. The predicted octanol–water partition coefficient (Wildman–Crippen LogP) is 1.97. The lowest BCUT2D eigenvalue weighted by Gasteiger charge is -2.24. The van der Waals surface area contributed by atoms with Gasteiger partial charge in [0.2, 0.25) is 0 Å². The molecule has 3 amide bonds. The summed E-state index contributed by atoms with van der Waals surface area (Å²) < 4.78 is 27.8. The van der Waals surface area contributed by atoms with E-state index >= 15 is 0 Å². The summed E-state index contributed by atoms with van der Waals surface area (Å²) in [7, 11) is 0. The van der Waals surface area contributed by atoms with E-state index in [2.05, 4.69) is 0 Å². The van der Waals surface area contributed by atoms with Crippen molar-refractivity contribution < 1.29 is 18.4 Å². The van der Waals surface area contributed by atoms with Gasteiger partial charge < -0.3 is 9.80 Å². The quantitative estimate of drug-likeness (QED) is 0.782. The van der Waals surface area contributed by atoms with Crippen LogP contribution in [-0.2, 0) is 4.79 Å². The van der Waals surface area contributed by atoms with Crippen LogP contribution in [0, 0.1) is 11.6 Å². The third-order valence-corrected chi connectivity index (χ3v) is 5.01. The standard InChI is InChI=1S/C16H17F2N3O2/c17-11-3-1-4-12(18)14(11)19-8-6-10(9-19)21-15(22)13-5-2-7-20(13)16(21)23/h1,3-4,10,13H,2,5-9H2/t10?,13-/m1/s1. The van der Waals surface area contributed by atoms with Gasteiger partial charge in [-0.3, -0.25) is 9.69 Å².